The lowest BCUT2D eigenvalue weighted by atomic mass is 10.2. The summed E-state index contributed by atoms with van der Waals surface area (Å²) in [5, 5.41) is 6.38. The lowest BCUT2D eigenvalue weighted by Gasteiger charge is -2.12. The van der Waals surface area contributed by atoms with Crippen LogP contribution in [0.15, 0.2) is 4.99 Å². The van der Waals surface area contributed by atoms with Crippen LogP contribution >= 0.6 is 24.0 Å². The number of hydrogen-bond donors (Lipinski definition) is 2. The van der Waals surface area contributed by atoms with Crippen LogP contribution in [0, 0.1) is 0 Å². The van der Waals surface area contributed by atoms with Crippen LogP contribution in [0.3, 0.4) is 0 Å². The van der Waals surface area contributed by atoms with Gasteiger partial charge in [-0.2, -0.15) is 0 Å². The highest BCUT2D eigenvalue weighted by Crippen LogP contribution is 1.96. The SMILES string of the molecule is CCCCCCNC(=NCC(=O)N(C)C)NCC.I. The summed E-state index contributed by atoms with van der Waals surface area (Å²) < 4.78 is 0. The second-order valence-corrected chi connectivity index (χ2v) is 4.47. The van der Waals surface area contributed by atoms with Crippen LogP contribution in [0.2, 0.25) is 0 Å². The minimum atomic E-state index is 0. The molecule has 0 aliphatic heterocycles. The zero-order chi connectivity index (χ0) is 13.8. The van der Waals surface area contributed by atoms with Gasteiger partial charge in [-0.25, -0.2) is 4.99 Å². The highest BCUT2D eigenvalue weighted by atomic mass is 127. The number of aliphatic imine (C=N–C) groups is 1. The van der Waals surface area contributed by atoms with Crippen molar-refractivity contribution < 1.29 is 4.79 Å². The molecular weight excluding hydrogens is 355 g/mol. The van der Waals surface area contributed by atoms with Crippen molar-refractivity contribution in [2.24, 2.45) is 4.99 Å². The van der Waals surface area contributed by atoms with Crippen molar-refractivity contribution in [3.8, 4) is 0 Å². The molecule has 1 amide bonds. The van der Waals surface area contributed by atoms with Gasteiger partial charge in [0.25, 0.3) is 0 Å². The van der Waals surface area contributed by atoms with E-state index in [0.29, 0.717) is 0 Å². The Morgan fingerprint density at radius 2 is 1.79 bits per heavy atom. The molecule has 0 atom stereocenters. The third-order valence-electron chi connectivity index (χ3n) is 2.54. The Bertz CT molecular complexity index is 257. The second kappa shape index (κ2) is 13.9. The minimum Gasteiger partial charge on any atom is -0.357 e. The Balaban J connectivity index is 0. The molecule has 19 heavy (non-hydrogen) atoms. The minimum absolute atomic E-state index is 0. The number of likely N-dealkylation sites (N-methyl/N-ethyl adjacent to an activating group) is 1. The van der Waals surface area contributed by atoms with E-state index in [4.69, 9.17) is 0 Å². The number of nitrogens with zero attached hydrogens (tertiary/aromatic N) is 2. The Morgan fingerprint density at radius 1 is 1.11 bits per heavy atom. The number of carbonyl (C=O) groups is 1. The first kappa shape index (κ1) is 20.8. The van der Waals surface area contributed by atoms with Gasteiger partial charge in [0.05, 0.1) is 0 Å². The zero-order valence-electron chi connectivity index (χ0n) is 12.7. The van der Waals surface area contributed by atoms with E-state index in [1.54, 1.807) is 19.0 Å². The van der Waals surface area contributed by atoms with Gasteiger partial charge < -0.3 is 15.5 Å². The second-order valence-electron chi connectivity index (χ2n) is 4.47. The summed E-state index contributed by atoms with van der Waals surface area (Å²) in [4.78, 5) is 17.2. The molecule has 0 rings (SSSR count). The standard InChI is InChI=1S/C13H28N4O.HI/c1-5-7-8-9-10-15-13(14-6-2)16-11-12(18)17(3)4;/h5-11H2,1-4H3,(H2,14,15,16);1H. The van der Waals surface area contributed by atoms with E-state index < -0.39 is 0 Å². The maximum atomic E-state index is 11.4. The molecule has 0 fully saturated rings. The fourth-order valence-corrected chi connectivity index (χ4v) is 1.39. The Hall–Kier alpha value is -0.530. The molecular formula is C13H29IN4O. The molecule has 0 aromatic heterocycles. The molecule has 0 saturated carbocycles. The molecule has 0 aromatic carbocycles. The van der Waals surface area contributed by atoms with Gasteiger partial charge in [-0.15, -0.1) is 24.0 Å². The predicted octanol–water partition coefficient (Wildman–Crippen LogP) is 1.83. The molecule has 0 aliphatic carbocycles. The van der Waals surface area contributed by atoms with E-state index in [1.165, 1.54) is 19.3 Å². The first-order chi connectivity index (χ1) is 8.61. The number of unbranched alkanes of at least 4 members (excludes halogenated alkanes) is 3. The van der Waals surface area contributed by atoms with Gasteiger partial charge in [0.2, 0.25) is 5.91 Å². The van der Waals surface area contributed by atoms with E-state index in [2.05, 4.69) is 22.5 Å². The maximum Gasteiger partial charge on any atom is 0.243 e. The topological polar surface area (TPSA) is 56.7 Å². The average molecular weight is 384 g/mol. The molecule has 114 valence electrons. The van der Waals surface area contributed by atoms with Crippen LogP contribution < -0.4 is 10.6 Å². The highest BCUT2D eigenvalue weighted by molar-refractivity contribution is 14.0. The summed E-state index contributed by atoms with van der Waals surface area (Å²) in [5.41, 5.74) is 0. The third kappa shape index (κ3) is 12.3. The zero-order valence-corrected chi connectivity index (χ0v) is 15.0. The molecule has 0 spiro atoms. The molecule has 0 heterocycles. The fourth-order valence-electron chi connectivity index (χ4n) is 1.39. The molecule has 0 saturated heterocycles. The number of amides is 1. The third-order valence-corrected chi connectivity index (χ3v) is 2.54. The van der Waals surface area contributed by atoms with Crippen molar-refractivity contribution in [3.63, 3.8) is 0 Å². The first-order valence-electron chi connectivity index (χ1n) is 6.84. The van der Waals surface area contributed by atoms with Crippen molar-refractivity contribution in [2.45, 2.75) is 39.5 Å². The fraction of sp³-hybridized carbons (Fsp3) is 0.846. The number of guanidine groups is 1. The summed E-state index contributed by atoms with van der Waals surface area (Å²) in [7, 11) is 3.48. The van der Waals surface area contributed by atoms with Crippen molar-refractivity contribution >= 4 is 35.8 Å². The lowest BCUT2D eigenvalue weighted by Crippen LogP contribution is -2.38. The number of rotatable bonds is 8. The number of hydrogen-bond acceptors (Lipinski definition) is 2. The maximum absolute atomic E-state index is 11.4. The highest BCUT2D eigenvalue weighted by Gasteiger charge is 2.03. The monoisotopic (exact) mass is 384 g/mol. The summed E-state index contributed by atoms with van der Waals surface area (Å²) in [6.45, 7) is 6.12. The average Bonchev–Trinajstić information content (AvgIpc) is 2.34. The van der Waals surface area contributed by atoms with E-state index in [1.807, 2.05) is 6.92 Å². The van der Waals surface area contributed by atoms with Crippen molar-refractivity contribution in [1.29, 1.82) is 0 Å². The van der Waals surface area contributed by atoms with Gasteiger partial charge in [-0.05, 0) is 13.3 Å². The van der Waals surface area contributed by atoms with Crippen LogP contribution in [-0.2, 0) is 4.79 Å². The van der Waals surface area contributed by atoms with E-state index in [9.17, 15) is 4.79 Å². The number of nitrogens with one attached hydrogen (secondary N) is 2. The molecule has 0 aromatic rings. The molecule has 0 radical (unpaired) electrons. The first-order valence-corrected chi connectivity index (χ1v) is 6.84. The lowest BCUT2D eigenvalue weighted by molar-refractivity contribution is -0.127. The van der Waals surface area contributed by atoms with Crippen LogP contribution in [0.5, 0.6) is 0 Å². The number of halogens is 1. The van der Waals surface area contributed by atoms with Gasteiger partial charge in [-0.1, -0.05) is 26.2 Å². The molecule has 0 aliphatic rings. The smallest absolute Gasteiger partial charge is 0.243 e. The Kier molecular flexibility index (Phi) is 15.2. The van der Waals surface area contributed by atoms with Gasteiger partial charge in [0.1, 0.15) is 6.54 Å². The largest absolute Gasteiger partial charge is 0.357 e. The molecule has 5 nitrogen and oxygen atoms in total. The van der Waals surface area contributed by atoms with E-state index >= 15 is 0 Å². The van der Waals surface area contributed by atoms with Crippen LogP contribution in [-0.4, -0.2) is 50.5 Å². The van der Waals surface area contributed by atoms with Gasteiger partial charge in [-0.3, -0.25) is 4.79 Å². The van der Waals surface area contributed by atoms with Gasteiger partial charge in [0, 0.05) is 27.2 Å². The molecule has 2 N–H and O–H groups in total. The van der Waals surface area contributed by atoms with Gasteiger partial charge >= 0.3 is 0 Å². The van der Waals surface area contributed by atoms with E-state index in [0.717, 1.165) is 25.5 Å². The molecule has 6 heteroatoms. The summed E-state index contributed by atoms with van der Waals surface area (Å²) in [5.74, 6) is 0.738. The van der Waals surface area contributed by atoms with Crippen molar-refractivity contribution in [3.05, 3.63) is 0 Å². The van der Waals surface area contributed by atoms with Crippen molar-refractivity contribution in [2.75, 3.05) is 33.7 Å². The van der Waals surface area contributed by atoms with Crippen molar-refractivity contribution in [1.82, 2.24) is 15.5 Å². The van der Waals surface area contributed by atoms with Crippen LogP contribution in [0.25, 0.3) is 0 Å². The molecule has 0 bridgehead atoms. The summed E-state index contributed by atoms with van der Waals surface area (Å²) >= 11 is 0. The molecule has 0 unspecified atom stereocenters. The quantitative estimate of drug-likeness (QED) is 0.291. The number of carbonyl (C=O) groups excluding carboxylic acids is 1. The summed E-state index contributed by atoms with van der Waals surface area (Å²) in [6.07, 6.45) is 4.89. The Morgan fingerprint density at radius 3 is 2.32 bits per heavy atom. The van der Waals surface area contributed by atoms with E-state index in [-0.39, 0.29) is 36.4 Å². The van der Waals surface area contributed by atoms with Crippen LogP contribution in [0.4, 0.5) is 0 Å². The predicted molar refractivity (Wildman–Crippen MR) is 92.2 cm³/mol. The Labute approximate surface area is 134 Å². The van der Waals surface area contributed by atoms with Crippen LogP contribution in [0.1, 0.15) is 39.5 Å². The summed E-state index contributed by atoms with van der Waals surface area (Å²) in [6, 6.07) is 0. The van der Waals surface area contributed by atoms with Gasteiger partial charge in [0.15, 0.2) is 5.96 Å². The normalized spacial score (nSPS) is 10.6.